The van der Waals surface area contributed by atoms with Crippen molar-refractivity contribution in [3.63, 3.8) is 0 Å². The fourth-order valence-corrected chi connectivity index (χ4v) is 4.06. The minimum Gasteiger partial charge on any atom is -0.423 e. The summed E-state index contributed by atoms with van der Waals surface area (Å²) in [6.45, 7) is 2.39. The molecule has 1 rings (SSSR count). The number of amides is 1. The Morgan fingerprint density at radius 3 is 1.70 bits per heavy atom. The maximum Gasteiger partial charge on any atom is 0.488 e. The van der Waals surface area contributed by atoms with Gasteiger partial charge in [0.1, 0.15) is 6.10 Å². The topological polar surface area (TPSA) is 116 Å². The first-order chi connectivity index (χ1) is 18.0. The summed E-state index contributed by atoms with van der Waals surface area (Å²) in [5.74, 6) is -0.127. The van der Waals surface area contributed by atoms with Gasteiger partial charge in [-0.15, -0.1) is 0 Å². The first-order valence-electron chi connectivity index (χ1n) is 14.3. The second kappa shape index (κ2) is 25.9. The Hall–Kier alpha value is -1.74. The van der Waals surface area contributed by atoms with Gasteiger partial charge >= 0.3 is 7.12 Å². The summed E-state index contributed by atoms with van der Waals surface area (Å²) in [5.41, 5.74) is 0.525. The van der Waals surface area contributed by atoms with Crippen LogP contribution in [0.1, 0.15) is 110 Å². The van der Waals surface area contributed by atoms with E-state index in [1.54, 1.807) is 24.3 Å². The Morgan fingerprint density at radius 1 is 0.865 bits per heavy atom. The van der Waals surface area contributed by atoms with Crippen molar-refractivity contribution in [1.82, 2.24) is 5.32 Å². The number of carbonyl (C=O) groups excluding carboxylic acids is 2. The molecule has 4 N–H and O–H groups in total. The monoisotopic (exact) mass is 521 g/mol. The average molecular weight is 522 g/mol. The summed E-state index contributed by atoms with van der Waals surface area (Å²) in [4.78, 5) is 22.5. The predicted molar refractivity (Wildman–Crippen MR) is 152 cm³/mol. The molecule has 8 heteroatoms. The third kappa shape index (κ3) is 22.0. The van der Waals surface area contributed by atoms with E-state index in [9.17, 15) is 14.7 Å². The molecule has 0 fully saturated rings. The van der Waals surface area contributed by atoms with Gasteiger partial charge in [-0.1, -0.05) is 127 Å². The Bertz CT molecular complexity index is 647. The predicted octanol–water partition coefficient (Wildman–Crippen LogP) is 4.31. The van der Waals surface area contributed by atoms with Crippen molar-refractivity contribution in [2.24, 2.45) is 0 Å². The van der Waals surface area contributed by atoms with Crippen molar-refractivity contribution < 1.29 is 29.5 Å². The van der Waals surface area contributed by atoms with Crippen LogP contribution in [0.3, 0.4) is 0 Å². The zero-order valence-electron chi connectivity index (χ0n) is 23.3. The van der Waals surface area contributed by atoms with E-state index in [4.69, 9.17) is 14.8 Å². The van der Waals surface area contributed by atoms with E-state index in [2.05, 4.69) is 12.2 Å². The third-order valence-electron chi connectivity index (χ3n) is 6.35. The standard InChI is InChI=1S/C23H45NO4.C6H7BO2/c1-3-4-5-6-7-8-9-10-11-12-13-14-15-16-17-18-23(27)24-21(20-28-2)22(26)19-25;8-7(9)6-4-2-1-3-5-6/h19,21-22,26H,3-18,20H2,1-2H3,(H,24,27);1-5,8-9H/t21-,22+;/m0./s1. The molecular formula is C29H52BNO6. The number of benzene rings is 1. The molecular weight excluding hydrogens is 469 g/mol. The number of hydrogen-bond acceptors (Lipinski definition) is 6. The number of carbonyl (C=O) groups is 2. The van der Waals surface area contributed by atoms with Crippen LogP contribution in [0.4, 0.5) is 0 Å². The van der Waals surface area contributed by atoms with Crippen molar-refractivity contribution in [2.75, 3.05) is 13.7 Å². The van der Waals surface area contributed by atoms with Crippen LogP contribution >= 0.6 is 0 Å². The van der Waals surface area contributed by atoms with Crippen LogP contribution in [-0.4, -0.2) is 60.3 Å². The van der Waals surface area contributed by atoms with Gasteiger partial charge in [-0.25, -0.2) is 0 Å². The van der Waals surface area contributed by atoms with E-state index in [0.29, 0.717) is 18.2 Å². The average Bonchev–Trinajstić information content (AvgIpc) is 2.91. The minimum absolute atomic E-state index is 0.127. The van der Waals surface area contributed by atoms with Crippen molar-refractivity contribution in [2.45, 2.75) is 122 Å². The highest BCUT2D eigenvalue weighted by Crippen LogP contribution is 2.13. The van der Waals surface area contributed by atoms with E-state index < -0.39 is 19.3 Å². The lowest BCUT2D eigenvalue weighted by Crippen LogP contribution is -2.46. The summed E-state index contributed by atoms with van der Waals surface area (Å²) in [6.07, 6.45) is 19.1. The molecule has 212 valence electrons. The lowest BCUT2D eigenvalue weighted by atomic mass is 9.81. The van der Waals surface area contributed by atoms with Crippen LogP contribution in [0.25, 0.3) is 0 Å². The van der Waals surface area contributed by atoms with Crippen molar-refractivity contribution in [3.8, 4) is 0 Å². The van der Waals surface area contributed by atoms with Gasteiger partial charge in [-0.2, -0.15) is 0 Å². The number of aliphatic hydroxyl groups excluding tert-OH is 1. The molecule has 7 nitrogen and oxygen atoms in total. The Morgan fingerprint density at radius 2 is 1.32 bits per heavy atom. The molecule has 0 aliphatic carbocycles. The van der Waals surface area contributed by atoms with Gasteiger partial charge in [0.25, 0.3) is 0 Å². The molecule has 0 radical (unpaired) electrons. The highest BCUT2D eigenvalue weighted by molar-refractivity contribution is 6.58. The second-order valence-electron chi connectivity index (χ2n) is 9.74. The van der Waals surface area contributed by atoms with E-state index in [0.717, 1.165) is 12.8 Å². The first-order valence-corrected chi connectivity index (χ1v) is 14.3. The van der Waals surface area contributed by atoms with Crippen LogP contribution in [-0.2, 0) is 14.3 Å². The van der Waals surface area contributed by atoms with Crippen LogP contribution in [0.2, 0.25) is 0 Å². The number of aldehydes is 1. The normalized spacial score (nSPS) is 12.2. The number of rotatable bonds is 22. The molecule has 0 aromatic heterocycles. The third-order valence-corrected chi connectivity index (χ3v) is 6.35. The van der Waals surface area contributed by atoms with E-state index in [1.807, 2.05) is 6.07 Å². The summed E-state index contributed by atoms with van der Waals surface area (Å²) in [5, 5.41) is 29.4. The van der Waals surface area contributed by atoms with Crippen LogP contribution < -0.4 is 10.8 Å². The van der Waals surface area contributed by atoms with Gasteiger partial charge in [0.2, 0.25) is 5.91 Å². The SMILES string of the molecule is CCCCCCCCCCCCCCCCCC(=O)N[C@@H](COC)[C@H](O)C=O.OB(O)c1ccccc1. The Labute approximate surface area is 225 Å². The molecule has 0 bridgehead atoms. The molecule has 1 aromatic carbocycles. The Kier molecular flexibility index (Phi) is 24.7. The molecule has 0 saturated heterocycles. The molecule has 0 spiro atoms. The molecule has 1 amide bonds. The molecule has 0 aliphatic heterocycles. The summed E-state index contributed by atoms with van der Waals surface area (Å²) >= 11 is 0. The lowest BCUT2D eigenvalue weighted by molar-refractivity contribution is -0.125. The van der Waals surface area contributed by atoms with Crippen LogP contribution in [0, 0.1) is 0 Å². The first kappa shape index (κ1) is 35.3. The van der Waals surface area contributed by atoms with Crippen LogP contribution in [0.15, 0.2) is 30.3 Å². The van der Waals surface area contributed by atoms with E-state index >= 15 is 0 Å². The van der Waals surface area contributed by atoms with Gasteiger partial charge < -0.3 is 30.0 Å². The summed E-state index contributed by atoms with van der Waals surface area (Å²) in [7, 11) is 0.136. The highest BCUT2D eigenvalue weighted by atomic mass is 16.5. The van der Waals surface area contributed by atoms with Gasteiger partial charge in [-0.3, -0.25) is 4.79 Å². The van der Waals surface area contributed by atoms with Gasteiger partial charge in [0.05, 0.1) is 12.6 Å². The van der Waals surface area contributed by atoms with Crippen molar-refractivity contribution >= 4 is 24.8 Å². The number of nitrogens with one attached hydrogen (secondary N) is 1. The smallest absolute Gasteiger partial charge is 0.423 e. The highest BCUT2D eigenvalue weighted by Gasteiger charge is 2.20. The van der Waals surface area contributed by atoms with E-state index in [1.165, 1.54) is 90.6 Å². The molecule has 1 aromatic rings. The molecule has 0 aliphatic rings. The van der Waals surface area contributed by atoms with Gasteiger partial charge in [-0.05, 0) is 11.9 Å². The van der Waals surface area contributed by atoms with Crippen molar-refractivity contribution in [1.29, 1.82) is 0 Å². The van der Waals surface area contributed by atoms with Gasteiger partial charge in [0.15, 0.2) is 6.29 Å². The summed E-state index contributed by atoms with van der Waals surface area (Å²) < 4.78 is 4.93. The molecule has 37 heavy (non-hydrogen) atoms. The minimum atomic E-state index is -1.34. The quantitative estimate of drug-likeness (QED) is 0.103. The maximum atomic E-state index is 11.9. The molecule has 0 saturated carbocycles. The molecule has 2 atom stereocenters. The zero-order chi connectivity index (χ0) is 27.6. The lowest BCUT2D eigenvalue weighted by Gasteiger charge is -2.19. The Balaban J connectivity index is 0.00000120. The van der Waals surface area contributed by atoms with Crippen molar-refractivity contribution in [3.05, 3.63) is 30.3 Å². The largest absolute Gasteiger partial charge is 0.488 e. The number of aliphatic hydroxyl groups is 1. The van der Waals surface area contributed by atoms with E-state index in [-0.39, 0.29) is 12.5 Å². The number of hydrogen-bond donors (Lipinski definition) is 4. The zero-order valence-corrected chi connectivity index (χ0v) is 23.3. The maximum absolute atomic E-state index is 11.9. The number of methoxy groups -OCH3 is 1. The molecule has 0 heterocycles. The number of unbranched alkanes of at least 4 members (excludes halogenated alkanes) is 14. The fourth-order valence-electron chi connectivity index (χ4n) is 4.06. The number of ether oxygens (including phenoxy) is 1. The molecule has 0 unspecified atom stereocenters. The van der Waals surface area contributed by atoms with Gasteiger partial charge in [0, 0.05) is 13.5 Å². The fraction of sp³-hybridized carbons (Fsp3) is 0.724. The second-order valence-corrected chi connectivity index (χ2v) is 9.74. The summed E-state index contributed by atoms with van der Waals surface area (Å²) in [6, 6.07) is 8.00. The van der Waals surface area contributed by atoms with Crippen LogP contribution in [0.5, 0.6) is 0 Å².